The highest BCUT2D eigenvalue weighted by Gasteiger charge is 2.09. The molecule has 1 aromatic rings. The van der Waals surface area contributed by atoms with E-state index in [4.69, 9.17) is 9.47 Å². The summed E-state index contributed by atoms with van der Waals surface area (Å²) in [5.74, 6) is 0.821. The van der Waals surface area contributed by atoms with Crippen LogP contribution in [0.25, 0.3) is 0 Å². The summed E-state index contributed by atoms with van der Waals surface area (Å²) >= 11 is 3.36. The number of hydrogen-bond donors (Lipinski definition) is 0. The van der Waals surface area contributed by atoms with Crippen molar-refractivity contribution in [1.82, 2.24) is 4.98 Å². The van der Waals surface area contributed by atoms with Crippen molar-refractivity contribution >= 4 is 15.9 Å². The molecule has 1 aromatic heterocycles. The second-order valence-electron chi connectivity index (χ2n) is 2.64. The number of pyridine rings is 1. The lowest BCUT2D eigenvalue weighted by atomic mass is 10.2. The molecule has 0 saturated heterocycles. The number of nitrogens with zero attached hydrogens (tertiary/aromatic N) is 1. The van der Waals surface area contributed by atoms with Gasteiger partial charge in [-0.3, -0.25) is 4.98 Å². The van der Waals surface area contributed by atoms with Crippen LogP contribution in [0, 0.1) is 6.92 Å². The molecule has 3 nitrogen and oxygen atoms in total. The second-order valence-corrected chi connectivity index (χ2v) is 3.50. The van der Waals surface area contributed by atoms with Gasteiger partial charge in [0.05, 0.1) is 23.9 Å². The van der Waals surface area contributed by atoms with Crippen LogP contribution in [0.15, 0.2) is 10.7 Å². The molecule has 0 aliphatic heterocycles. The smallest absolute Gasteiger partial charge is 0.139 e. The van der Waals surface area contributed by atoms with Crippen molar-refractivity contribution in [1.29, 1.82) is 0 Å². The predicted octanol–water partition coefficient (Wildman–Crippen LogP) is 2.31. The number of hydrogen-bond acceptors (Lipinski definition) is 3. The van der Waals surface area contributed by atoms with Gasteiger partial charge in [-0.1, -0.05) is 0 Å². The monoisotopic (exact) mass is 245 g/mol. The van der Waals surface area contributed by atoms with Gasteiger partial charge in [-0.15, -0.1) is 0 Å². The van der Waals surface area contributed by atoms with Crippen molar-refractivity contribution in [3.05, 3.63) is 21.9 Å². The molecule has 0 fully saturated rings. The predicted molar refractivity (Wildman–Crippen MR) is 53.9 cm³/mol. The lowest BCUT2D eigenvalue weighted by Gasteiger charge is -2.10. The molecule has 1 rings (SSSR count). The first-order chi connectivity index (χ1) is 6.20. The van der Waals surface area contributed by atoms with E-state index in [2.05, 4.69) is 20.9 Å². The molecule has 0 amide bonds. The van der Waals surface area contributed by atoms with Gasteiger partial charge in [0.15, 0.2) is 0 Å². The SMILES string of the molecule is COCc1ncc(Br)c(OC)c1C. The van der Waals surface area contributed by atoms with Gasteiger partial charge in [0.2, 0.25) is 0 Å². The van der Waals surface area contributed by atoms with E-state index in [9.17, 15) is 0 Å². The van der Waals surface area contributed by atoms with Crippen molar-refractivity contribution in [2.45, 2.75) is 13.5 Å². The van der Waals surface area contributed by atoms with E-state index in [1.807, 2.05) is 6.92 Å². The summed E-state index contributed by atoms with van der Waals surface area (Å²) in [4.78, 5) is 4.22. The van der Waals surface area contributed by atoms with Gasteiger partial charge in [0.25, 0.3) is 0 Å². The van der Waals surface area contributed by atoms with Crippen LogP contribution in [0.4, 0.5) is 0 Å². The third kappa shape index (κ3) is 2.19. The maximum absolute atomic E-state index is 5.22. The number of rotatable bonds is 3. The summed E-state index contributed by atoms with van der Waals surface area (Å²) in [6, 6.07) is 0. The van der Waals surface area contributed by atoms with Gasteiger partial charge in [-0.25, -0.2) is 0 Å². The molecule has 0 unspecified atom stereocenters. The van der Waals surface area contributed by atoms with Crippen LogP contribution in [0.3, 0.4) is 0 Å². The minimum absolute atomic E-state index is 0.509. The van der Waals surface area contributed by atoms with Crippen molar-refractivity contribution < 1.29 is 9.47 Å². The van der Waals surface area contributed by atoms with Crippen LogP contribution in [-0.4, -0.2) is 19.2 Å². The summed E-state index contributed by atoms with van der Waals surface area (Å²) < 4.78 is 11.1. The van der Waals surface area contributed by atoms with Gasteiger partial charge in [-0.2, -0.15) is 0 Å². The van der Waals surface area contributed by atoms with E-state index in [-0.39, 0.29) is 0 Å². The Balaban J connectivity index is 3.11. The Kier molecular flexibility index (Phi) is 3.69. The maximum Gasteiger partial charge on any atom is 0.139 e. The van der Waals surface area contributed by atoms with Crippen LogP contribution in [-0.2, 0) is 11.3 Å². The molecule has 1 heterocycles. The molecule has 0 aliphatic carbocycles. The molecule has 0 aromatic carbocycles. The minimum Gasteiger partial charge on any atom is -0.495 e. The average molecular weight is 246 g/mol. The van der Waals surface area contributed by atoms with E-state index >= 15 is 0 Å². The number of ether oxygens (including phenoxy) is 2. The van der Waals surface area contributed by atoms with Gasteiger partial charge in [-0.05, 0) is 22.9 Å². The summed E-state index contributed by atoms with van der Waals surface area (Å²) in [7, 11) is 3.29. The Morgan fingerprint density at radius 2 is 2.15 bits per heavy atom. The van der Waals surface area contributed by atoms with E-state index in [0.717, 1.165) is 21.5 Å². The maximum atomic E-state index is 5.22. The van der Waals surface area contributed by atoms with Crippen LogP contribution in [0.5, 0.6) is 5.75 Å². The minimum atomic E-state index is 0.509. The molecule has 4 heteroatoms. The molecule has 0 bridgehead atoms. The first-order valence-corrected chi connectivity index (χ1v) is 4.67. The Morgan fingerprint density at radius 3 is 2.69 bits per heavy atom. The standard InChI is InChI=1S/C9H12BrNO2/c1-6-8(5-12-2)11-4-7(10)9(6)13-3/h4H,5H2,1-3H3. The van der Waals surface area contributed by atoms with Crippen molar-refractivity contribution in [3.8, 4) is 5.75 Å². The summed E-state index contributed by atoms with van der Waals surface area (Å²) in [5.41, 5.74) is 1.92. The zero-order chi connectivity index (χ0) is 9.84. The highest BCUT2D eigenvalue weighted by molar-refractivity contribution is 9.10. The van der Waals surface area contributed by atoms with E-state index in [1.54, 1.807) is 20.4 Å². The summed E-state index contributed by atoms with van der Waals surface area (Å²) in [5, 5.41) is 0. The number of aromatic nitrogens is 1. The summed E-state index contributed by atoms with van der Waals surface area (Å²) in [6.07, 6.45) is 1.72. The highest BCUT2D eigenvalue weighted by atomic mass is 79.9. The third-order valence-electron chi connectivity index (χ3n) is 1.81. The topological polar surface area (TPSA) is 31.4 Å². The third-order valence-corrected chi connectivity index (χ3v) is 2.37. The fourth-order valence-corrected chi connectivity index (χ4v) is 1.69. The lowest BCUT2D eigenvalue weighted by molar-refractivity contribution is 0.180. The zero-order valence-corrected chi connectivity index (χ0v) is 9.51. The molecular weight excluding hydrogens is 234 g/mol. The second kappa shape index (κ2) is 4.58. The Labute approximate surface area is 86.2 Å². The fourth-order valence-electron chi connectivity index (χ4n) is 1.13. The summed E-state index contributed by atoms with van der Waals surface area (Å²) in [6.45, 7) is 2.47. The molecule has 0 radical (unpaired) electrons. The quantitative estimate of drug-likeness (QED) is 0.820. The van der Waals surface area contributed by atoms with Gasteiger partial charge >= 0.3 is 0 Å². The molecule has 72 valence electrons. The Bertz CT molecular complexity index is 302. The normalized spacial score (nSPS) is 10.2. The van der Waals surface area contributed by atoms with Crippen LogP contribution in [0.2, 0.25) is 0 Å². The lowest BCUT2D eigenvalue weighted by Crippen LogP contribution is -1.99. The fraction of sp³-hybridized carbons (Fsp3) is 0.444. The molecule has 13 heavy (non-hydrogen) atoms. The zero-order valence-electron chi connectivity index (χ0n) is 7.93. The number of methoxy groups -OCH3 is 2. The molecule has 0 saturated carbocycles. The largest absolute Gasteiger partial charge is 0.495 e. The van der Waals surface area contributed by atoms with Crippen LogP contribution in [0.1, 0.15) is 11.3 Å². The number of halogens is 1. The molecule has 0 aliphatic rings. The average Bonchev–Trinajstić information content (AvgIpc) is 2.11. The van der Waals surface area contributed by atoms with Crippen molar-refractivity contribution in [2.75, 3.05) is 14.2 Å². The van der Waals surface area contributed by atoms with Crippen molar-refractivity contribution in [2.24, 2.45) is 0 Å². The van der Waals surface area contributed by atoms with E-state index in [1.165, 1.54) is 0 Å². The molecule has 0 N–H and O–H groups in total. The van der Waals surface area contributed by atoms with Gasteiger partial charge in [0, 0.05) is 18.9 Å². The van der Waals surface area contributed by atoms with Crippen LogP contribution < -0.4 is 4.74 Å². The molecule has 0 atom stereocenters. The van der Waals surface area contributed by atoms with E-state index in [0.29, 0.717) is 6.61 Å². The molecule has 0 spiro atoms. The van der Waals surface area contributed by atoms with Gasteiger partial charge in [0.1, 0.15) is 5.75 Å². The van der Waals surface area contributed by atoms with Crippen molar-refractivity contribution in [3.63, 3.8) is 0 Å². The molecular formula is C9H12BrNO2. The highest BCUT2D eigenvalue weighted by Crippen LogP contribution is 2.29. The first-order valence-electron chi connectivity index (χ1n) is 3.87. The first kappa shape index (κ1) is 10.5. The Morgan fingerprint density at radius 1 is 1.46 bits per heavy atom. The van der Waals surface area contributed by atoms with E-state index < -0.39 is 0 Å². The van der Waals surface area contributed by atoms with Crippen LogP contribution >= 0.6 is 15.9 Å². The Hall–Kier alpha value is -0.610. The van der Waals surface area contributed by atoms with Gasteiger partial charge < -0.3 is 9.47 Å².